The summed E-state index contributed by atoms with van der Waals surface area (Å²) in [6, 6.07) is 8.83. The number of urea groups is 1. The molecule has 29 heavy (non-hydrogen) atoms. The van der Waals surface area contributed by atoms with E-state index in [9.17, 15) is 9.59 Å². The Morgan fingerprint density at radius 2 is 1.79 bits per heavy atom. The van der Waals surface area contributed by atoms with E-state index in [4.69, 9.17) is 0 Å². The van der Waals surface area contributed by atoms with E-state index in [0.717, 1.165) is 77.7 Å². The molecule has 5 nitrogen and oxygen atoms in total. The van der Waals surface area contributed by atoms with Gasteiger partial charge in [-0.05, 0) is 61.0 Å². The van der Waals surface area contributed by atoms with Gasteiger partial charge in [0, 0.05) is 39.1 Å². The van der Waals surface area contributed by atoms with Crippen molar-refractivity contribution in [1.29, 1.82) is 0 Å². The molecule has 5 heteroatoms. The molecule has 0 aromatic heterocycles. The zero-order valence-electron chi connectivity index (χ0n) is 17.8. The van der Waals surface area contributed by atoms with E-state index in [2.05, 4.69) is 41.4 Å². The van der Waals surface area contributed by atoms with Crippen LogP contribution >= 0.6 is 0 Å². The van der Waals surface area contributed by atoms with Crippen molar-refractivity contribution < 1.29 is 9.59 Å². The fourth-order valence-electron chi connectivity index (χ4n) is 5.61. The number of carbonyl (C=O) groups excluding carboxylic acids is 2. The average Bonchev–Trinajstić information content (AvgIpc) is 3.37. The van der Waals surface area contributed by atoms with Crippen LogP contribution in [0.15, 0.2) is 24.3 Å². The van der Waals surface area contributed by atoms with Gasteiger partial charge in [0.15, 0.2) is 0 Å². The van der Waals surface area contributed by atoms with Crippen LogP contribution in [0.25, 0.3) is 0 Å². The van der Waals surface area contributed by atoms with Gasteiger partial charge in [-0.25, -0.2) is 4.79 Å². The first-order valence-corrected chi connectivity index (χ1v) is 11.5. The van der Waals surface area contributed by atoms with E-state index < -0.39 is 0 Å². The summed E-state index contributed by atoms with van der Waals surface area (Å²) in [5.74, 6) is 0.649. The zero-order valence-corrected chi connectivity index (χ0v) is 17.8. The summed E-state index contributed by atoms with van der Waals surface area (Å²) in [6.45, 7) is 6.37. The minimum atomic E-state index is 0.0837. The largest absolute Gasteiger partial charge is 0.343 e. The molecule has 2 fully saturated rings. The van der Waals surface area contributed by atoms with Crippen LogP contribution in [0.3, 0.4) is 0 Å². The summed E-state index contributed by atoms with van der Waals surface area (Å²) >= 11 is 0. The predicted molar refractivity (Wildman–Crippen MR) is 115 cm³/mol. The molecule has 1 aromatic carbocycles. The van der Waals surface area contributed by atoms with Crippen molar-refractivity contribution in [3.05, 3.63) is 35.4 Å². The average molecular weight is 398 g/mol. The Morgan fingerprint density at radius 3 is 2.52 bits per heavy atom. The second-order valence-electron chi connectivity index (χ2n) is 9.13. The van der Waals surface area contributed by atoms with Crippen LogP contribution in [0.5, 0.6) is 0 Å². The maximum atomic E-state index is 12.8. The van der Waals surface area contributed by atoms with Gasteiger partial charge in [0.25, 0.3) is 0 Å². The fourth-order valence-corrected chi connectivity index (χ4v) is 5.61. The second kappa shape index (κ2) is 8.76. The molecular formula is C24H35N3O2. The number of nitrogens with one attached hydrogen (secondary N) is 1. The van der Waals surface area contributed by atoms with Crippen molar-refractivity contribution in [2.75, 3.05) is 32.7 Å². The number of amides is 3. The minimum absolute atomic E-state index is 0.0837. The van der Waals surface area contributed by atoms with E-state index in [1.807, 2.05) is 4.90 Å². The number of benzene rings is 1. The van der Waals surface area contributed by atoms with E-state index in [1.54, 1.807) is 0 Å². The van der Waals surface area contributed by atoms with Crippen LogP contribution < -0.4 is 5.32 Å². The van der Waals surface area contributed by atoms with Gasteiger partial charge in [0.2, 0.25) is 5.91 Å². The summed E-state index contributed by atoms with van der Waals surface area (Å²) in [6.07, 6.45) is 8.11. The molecule has 2 aliphatic heterocycles. The van der Waals surface area contributed by atoms with Gasteiger partial charge in [-0.1, -0.05) is 37.6 Å². The lowest BCUT2D eigenvalue weighted by atomic mass is 9.73. The molecule has 2 saturated heterocycles. The van der Waals surface area contributed by atoms with Crippen molar-refractivity contribution in [3.8, 4) is 0 Å². The lowest BCUT2D eigenvalue weighted by Crippen LogP contribution is -2.48. The maximum Gasteiger partial charge on any atom is 0.317 e. The minimum Gasteiger partial charge on any atom is -0.343 e. The van der Waals surface area contributed by atoms with E-state index in [0.29, 0.717) is 18.2 Å². The molecule has 3 amide bonds. The molecule has 1 atom stereocenters. The van der Waals surface area contributed by atoms with Crippen molar-refractivity contribution in [1.82, 2.24) is 15.1 Å². The van der Waals surface area contributed by atoms with E-state index in [-0.39, 0.29) is 11.4 Å². The normalized spacial score (nSPS) is 22.7. The van der Waals surface area contributed by atoms with Gasteiger partial charge < -0.3 is 15.1 Å². The Kier molecular flexibility index (Phi) is 6.12. The lowest BCUT2D eigenvalue weighted by Gasteiger charge is -2.40. The van der Waals surface area contributed by atoms with Crippen LogP contribution in [-0.4, -0.2) is 54.5 Å². The van der Waals surface area contributed by atoms with Crippen LogP contribution in [0.2, 0.25) is 0 Å². The van der Waals surface area contributed by atoms with Crippen LogP contribution in [0, 0.1) is 0 Å². The summed E-state index contributed by atoms with van der Waals surface area (Å²) in [5, 5.41) is 3.05. The Balaban J connectivity index is 1.42. The van der Waals surface area contributed by atoms with Gasteiger partial charge in [-0.15, -0.1) is 0 Å². The first-order valence-electron chi connectivity index (χ1n) is 11.5. The Labute approximate surface area is 174 Å². The smallest absolute Gasteiger partial charge is 0.317 e. The topological polar surface area (TPSA) is 52.7 Å². The van der Waals surface area contributed by atoms with Crippen LogP contribution in [-0.2, 0) is 10.2 Å². The Hall–Kier alpha value is -2.04. The Bertz CT molecular complexity index is 733. The third-order valence-electron chi connectivity index (χ3n) is 7.30. The highest BCUT2D eigenvalue weighted by Crippen LogP contribution is 2.52. The van der Waals surface area contributed by atoms with E-state index >= 15 is 0 Å². The third-order valence-corrected chi connectivity index (χ3v) is 7.30. The van der Waals surface area contributed by atoms with Crippen molar-refractivity contribution in [3.63, 3.8) is 0 Å². The van der Waals surface area contributed by atoms with Gasteiger partial charge >= 0.3 is 6.03 Å². The molecular weight excluding hydrogens is 362 g/mol. The number of carbonyl (C=O) groups is 2. The number of hydrogen-bond acceptors (Lipinski definition) is 2. The number of rotatable bonds is 5. The van der Waals surface area contributed by atoms with Gasteiger partial charge in [-0.3, -0.25) is 4.79 Å². The summed E-state index contributed by atoms with van der Waals surface area (Å²) in [5.41, 5.74) is 2.94. The number of piperidine rings is 1. The van der Waals surface area contributed by atoms with Gasteiger partial charge in [0.05, 0.1) is 0 Å². The third kappa shape index (κ3) is 4.15. The molecule has 1 spiro atoms. The molecule has 2 heterocycles. The highest BCUT2D eigenvalue weighted by Gasteiger charge is 2.46. The monoisotopic (exact) mass is 397 g/mol. The van der Waals surface area contributed by atoms with E-state index in [1.165, 1.54) is 11.1 Å². The predicted octanol–water partition coefficient (Wildman–Crippen LogP) is 4.03. The van der Waals surface area contributed by atoms with Crippen LogP contribution in [0.1, 0.15) is 75.3 Å². The molecule has 1 unspecified atom stereocenters. The number of nitrogens with zero attached hydrogens (tertiary/aromatic N) is 2. The molecule has 0 saturated carbocycles. The fraction of sp³-hybridized carbons (Fsp3) is 0.667. The quantitative estimate of drug-likeness (QED) is 0.763. The van der Waals surface area contributed by atoms with Crippen molar-refractivity contribution in [2.24, 2.45) is 0 Å². The number of hydrogen-bond donors (Lipinski definition) is 1. The lowest BCUT2D eigenvalue weighted by molar-refractivity contribution is -0.130. The van der Waals surface area contributed by atoms with Gasteiger partial charge in [0.1, 0.15) is 0 Å². The number of fused-ring (bicyclic) bond motifs is 2. The molecule has 3 aliphatic rings. The highest BCUT2D eigenvalue weighted by atomic mass is 16.2. The SMILES string of the molecule is CCCCNC(=O)N1CCC2(CC1)CC(CC(=O)N1CCCC1)c1ccccc12. The summed E-state index contributed by atoms with van der Waals surface area (Å²) < 4.78 is 0. The van der Waals surface area contributed by atoms with Crippen molar-refractivity contribution >= 4 is 11.9 Å². The molecule has 4 rings (SSSR count). The number of unbranched alkanes of at least 4 members (excludes halogenated alkanes) is 1. The zero-order chi connectivity index (χ0) is 20.3. The molecule has 1 aliphatic carbocycles. The number of likely N-dealkylation sites (tertiary alicyclic amines) is 2. The van der Waals surface area contributed by atoms with Gasteiger partial charge in [-0.2, -0.15) is 0 Å². The second-order valence-corrected chi connectivity index (χ2v) is 9.13. The molecule has 1 N–H and O–H groups in total. The highest BCUT2D eigenvalue weighted by molar-refractivity contribution is 5.78. The summed E-state index contributed by atoms with van der Waals surface area (Å²) in [7, 11) is 0. The first-order chi connectivity index (χ1) is 14.1. The van der Waals surface area contributed by atoms with Crippen molar-refractivity contribution in [2.45, 2.75) is 69.6 Å². The maximum absolute atomic E-state index is 12.8. The molecule has 0 bridgehead atoms. The van der Waals surface area contributed by atoms with Crippen LogP contribution in [0.4, 0.5) is 4.79 Å². The molecule has 0 radical (unpaired) electrons. The molecule has 1 aromatic rings. The molecule has 158 valence electrons. The standard InChI is InChI=1S/C24H35N3O2/c1-2-3-12-25-23(29)27-15-10-24(11-16-27)18-19(20-8-4-5-9-21(20)24)17-22(28)26-13-6-7-14-26/h4-5,8-9,19H,2-3,6-7,10-18H2,1H3,(H,25,29). The first kappa shape index (κ1) is 20.2. The Morgan fingerprint density at radius 1 is 1.07 bits per heavy atom. The summed E-state index contributed by atoms with van der Waals surface area (Å²) in [4.78, 5) is 29.3.